The maximum atomic E-state index is 12.9. The molecule has 2 aromatic heterocycles. The lowest BCUT2D eigenvalue weighted by atomic mass is 10.2. The number of fused-ring (bicyclic) bond motifs is 1. The molecule has 2 amide bonds. The minimum absolute atomic E-state index is 0.0575. The number of rotatable bonds is 7. The third kappa shape index (κ3) is 3.95. The molecule has 1 aliphatic carbocycles. The maximum absolute atomic E-state index is 12.9. The SMILES string of the molecule is C[S+]([O-])CN1Cc2ncc(N3CC[C@@H](Oc4ccc(C(=O)C5CC5)nc4)C3=O)cc2C1=O. The molecule has 1 saturated carbocycles. The number of hydrogen-bond acceptors (Lipinski definition) is 7. The number of carbonyl (C=O) groups is 3. The number of carbonyl (C=O) groups excluding carboxylic acids is 3. The number of ether oxygens (including phenoxy) is 1. The maximum Gasteiger partial charge on any atom is 0.268 e. The van der Waals surface area contributed by atoms with Gasteiger partial charge >= 0.3 is 0 Å². The smallest absolute Gasteiger partial charge is 0.268 e. The molecule has 9 nitrogen and oxygen atoms in total. The highest BCUT2D eigenvalue weighted by molar-refractivity contribution is 7.90. The van der Waals surface area contributed by atoms with E-state index in [9.17, 15) is 18.9 Å². The van der Waals surface area contributed by atoms with E-state index < -0.39 is 17.3 Å². The molecule has 2 aliphatic heterocycles. The number of hydrogen-bond donors (Lipinski definition) is 0. The van der Waals surface area contributed by atoms with Gasteiger partial charge in [0.1, 0.15) is 11.4 Å². The van der Waals surface area contributed by atoms with Crippen LogP contribution in [-0.4, -0.2) is 61.8 Å². The lowest BCUT2D eigenvalue weighted by Crippen LogP contribution is -2.32. The van der Waals surface area contributed by atoms with Crippen LogP contribution >= 0.6 is 0 Å². The first-order chi connectivity index (χ1) is 15.4. The lowest BCUT2D eigenvalue weighted by molar-refractivity contribution is -0.122. The van der Waals surface area contributed by atoms with E-state index in [0.29, 0.717) is 47.9 Å². The number of Topliss-reactive ketones (excluding diaryl/α,β-unsaturated/α-hetero) is 1. The van der Waals surface area contributed by atoms with Gasteiger partial charge in [-0.05, 0) is 42.2 Å². The van der Waals surface area contributed by atoms with Gasteiger partial charge in [0.05, 0.1) is 42.1 Å². The second kappa shape index (κ2) is 8.18. The van der Waals surface area contributed by atoms with Crippen LogP contribution < -0.4 is 9.64 Å². The Morgan fingerprint density at radius 2 is 2.03 bits per heavy atom. The van der Waals surface area contributed by atoms with E-state index in [1.807, 2.05) is 0 Å². The summed E-state index contributed by atoms with van der Waals surface area (Å²) in [5, 5.41) is 0. The number of amides is 2. The first-order valence-electron chi connectivity index (χ1n) is 10.5. The zero-order valence-corrected chi connectivity index (χ0v) is 18.3. The molecule has 0 N–H and O–H groups in total. The van der Waals surface area contributed by atoms with Gasteiger partial charge in [-0.2, -0.15) is 0 Å². The largest absolute Gasteiger partial charge is 0.615 e. The molecule has 0 bridgehead atoms. The second-order valence-corrected chi connectivity index (χ2v) is 9.70. The average molecular weight is 455 g/mol. The highest BCUT2D eigenvalue weighted by Crippen LogP contribution is 2.33. The molecule has 10 heteroatoms. The van der Waals surface area contributed by atoms with Crippen LogP contribution in [-0.2, 0) is 22.5 Å². The third-order valence-corrected chi connectivity index (χ3v) is 6.51. The summed E-state index contributed by atoms with van der Waals surface area (Å²) in [6.07, 6.45) is 6.26. The molecule has 166 valence electrons. The van der Waals surface area contributed by atoms with Gasteiger partial charge in [-0.1, -0.05) is 0 Å². The van der Waals surface area contributed by atoms with Crippen molar-refractivity contribution in [2.75, 3.05) is 23.6 Å². The van der Waals surface area contributed by atoms with Gasteiger partial charge in [0, 0.05) is 18.9 Å². The summed E-state index contributed by atoms with van der Waals surface area (Å²) >= 11 is -1.13. The van der Waals surface area contributed by atoms with E-state index in [-0.39, 0.29) is 29.4 Å². The second-order valence-electron chi connectivity index (χ2n) is 8.30. The van der Waals surface area contributed by atoms with Crippen molar-refractivity contribution in [1.82, 2.24) is 14.9 Å². The van der Waals surface area contributed by atoms with E-state index >= 15 is 0 Å². The molecule has 4 heterocycles. The molecule has 5 rings (SSSR count). The molecule has 0 spiro atoms. The van der Waals surface area contributed by atoms with Crippen LogP contribution in [0.5, 0.6) is 5.75 Å². The Labute approximate surface area is 188 Å². The molecule has 1 saturated heterocycles. The lowest BCUT2D eigenvalue weighted by Gasteiger charge is -2.17. The van der Waals surface area contributed by atoms with Gasteiger partial charge in [-0.15, -0.1) is 0 Å². The van der Waals surface area contributed by atoms with Crippen molar-refractivity contribution in [1.29, 1.82) is 0 Å². The van der Waals surface area contributed by atoms with Gasteiger partial charge in [-0.25, -0.2) is 4.98 Å². The Kier molecular flexibility index (Phi) is 5.34. The Morgan fingerprint density at radius 1 is 1.22 bits per heavy atom. The molecule has 32 heavy (non-hydrogen) atoms. The first-order valence-corrected chi connectivity index (χ1v) is 12.2. The van der Waals surface area contributed by atoms with Crippen LogP contribution in [0.25, 0.3) is 0 Å². The van der Waals surface area contributed by atoms with E-state index in [1.165, 1.54) is 11.1 Å². The molecular formula is C22H22N4O5S. The topological polar surface area (TPSA) is 116 Å². The van der Waals surface area contributed by atoms with Crippen molar-refractivity contribution < 1.29 is 23.7 Å². The van der Waals surface area contributed by atoms with Crippen molar-refractivity contribution in [2.45, 2.75) is 31.9 Å². The van der Waals surface area contributed by atoms with Crippen LogP contribution in [0.3, 0.4) is 0 Å². The van der Waals surface area contributed by atoms with Crippen molar-refractivity contribution in [3.8, 4) is 5.75 Å². The van der Waals surface area contributed by atoms with Crippen molar-refractivity contribution in [3.05, 3.63) is 47.5 Å². The van der Waals surface area contributed by atoms with Crippen LogP contribution in [0.1, 0.15) is 45.8 Å². The van der Waals surface area contributed by atoms with Gasteiger partial charge in [0.25, 0.3) is 11.8 Å². The standard InChI is InChI=1S/C22H22N4O5S/c1-32(30)12-25-11-18-16(21(25)28)8-14(9-23-18)26-7-6-19(22(26)29)31-15-4-5-17(24-10-15)20(27)13-2-3-13/h4-5,8-10,13,19H,2-3,6-7,11-12H2,1H3/t19-,32?/m1/s1. The quantitative estimate of drug-likeness (QED) is 0.460. The fraction of sp³-hybridized carbons (Fsp3) is 0.409. The van der Waals surface area contributed by atoms with Crippen molar-refractivity contribution >= 4 is 34.5 Å². The Balaban J connectivity index is 1.26. The van der Waals surface area contributed by atoms with Gasteiger partial charge in [0.2, 0.25) is 0 Å². The molecule has 2 fully saturated rings. The molecule has 2 atom stereocenters. The summed E-state index contributed by atoms with van der Waals surface area (Å²) < 4.78 is 17.3. The molecule has 0 aromatic carbocycles. The highest BCUT2D eigenvalue weighted by Gasteiger charge is 2.37. The zero-order valence-electron chi connectivity index (χ0n) is 17.5. The summed E-state index contributed by atoms with van der Waals surface area (Å²) in [5.74, 6) is 0.299. The number of pyridine rings is 2. The number of ketones is 1. The minimum atomic E-state index is -1.13. The third-order valence-electron chi connectivity index (χ3n) is 5.83. The van der Waals surface area contributed by atoms with Crippen molar-refractivity contribution in [3.63, 3.8) is 0 Å². The Hall–Kier alpha value is -2.98. The van der Waals surface area contributed by atoms with E-state index in [2.05, 4.69) is 9.97 Å². The number of nitrogens with zero attached hydrogens (tertiary/aromatic N) is 4. The van der Waals surface area contributed by atoms with Gasteiger partial charge < -0.3 is 14.2 Å². The van der Waals surface area contributed by atoms with Crippen LogP contribution in [0.4, 0.5) is 5.69 Å². The zero-order chi connectivity index (χ0) is 22.4. The normalized spacial score (nSPS) is 21.1. The highest BCUT2D eigenvalue weighted by atomic mass is 32.2. The van der Waals surface area contributed by atoms with Gasteiger partial charge in [0.15, 0.2) is 17.8 Å². The molecule has 1 unspecified atom stereocenters. The summed E-state index contributed by atoms with van der Waals surface area (Å²) in [6, 6.07) is 4.97. The molecule has 3 aliphatic rings. The average Bonchev–Trinajstić information content (AvgIpc) is 3.51. The summed E-state index contributed by atoms with van der Waals surface area (Å²) in [4.78, 5) is 49.2. The summed E-state index contributed by atoms with van der Waals surface area (Å²) in [7, 11) is 0. The fourth-order valence-corrected chi connectivity index (χ4v) is 4.67. The van der Waals surface area contributed by atoms with Crippen molar-refractivity contribution in [2.24, 2.45) is 5.92 Å². The molecular weight excluding hydrogens is 432 g/mol. The number of anilines is 1. The number of aromatic nitrogens is 2. The predicted molar refractivity (Wildman–Crippen MR) is 116 cm³/mol. The first kappa shape index (κ1) is 20.9. The monoisotopic (exact) mass is 454 g/mol. The minimum Gasteiger partial charge on any atom is -0.615 e. The fourth-order valence-electron chi connectivity index (χ4n) is 4.02. The predicted octanol–water partition coefficient (Wildman–Crippen LogP) is 1.55. The van der Waals surface area contributed by atoms with E-state index in [1.54, 1.807) is 35.6 Å². The van der Waals surface area contributed by atoms with Crippen LogP contribution in [0.2, 0.25) is 0 Å². The van der Waals surface area contributed by atoms with Crippen LogP contribution in [0, 0.1) is 5.92 Å². The molecule has 2 aromatic rings. The van der Waals surface area contributed by atoms with Crippen LogP contribution in [0.15, 0.2) is 30.6 Å². The van der Waals surface area contributed by atoms with Gasteiger partial charge in [-0.3, -0.25) is 24.3 Å². The van der Waals surface area contributed by atoms with E-state index in [0.717, 1.165) is 12.8 Å². The Bertz CT molecular complexity index is 1090. The molecule has 0 radical (unpaired) electrons. The summed E-state index contributed by atoms with van der Waals surface area (Å²) in [6.45, 7) is 0.756. The van der Waals surface area contributed by atoms with E-state index in [4.69, 9.17) is 4.74 Å². The Morgan fingerprint density at radius 3 is 2.72 bits per heavy atom. The summed E-state index contributed by atoms with van der Waals surface area (Å²) in [5.41, 5.74) is 2.02.